The number of rotatable bonds is 4. The lowest BCUT2D eigenvalue weighted by atomic mass is 10.1. The van der Waals surface area contributed by atoms with Crippen LogP contribution in [0.2, 0.25) is 0 Å². The van der Waals surface area contributed by atoms with Crippen molar-refractivity contribution in [2.75, 3.05) is 6.26 Å². The van der Waals surface area contributed by atoms with Gasteiger partial charge in [-0.2, -0.15) is 0 Å². The van der Waals surface area contributed by atoms with Gasteiger partial charge in [-0.05, 0) is 12.2 Å². The van der Waals surface area contributed by atoms with E-state index < -0.39 is 3.79 Å². The van der Waals surface area contributed by atoms with E-state index in [0.717, 1.165) is 0 Å². The predicted octanol–water partition coefficient (Wildman–Crippen LogP) is 4.78. The van der Waals surface area contributed by atoms with Crippen molar-refractivity contribution in [1.82, 2.24) is 0 Å². The van der Waals surface area contributed by atoms with Gasteiger partial charge in [0, 0.05) is 11.7 Å². The molecule has 74 valence electrons. The highest BCUT2D eigenvalue weighted by atomic mass is 35.6. The fourth-order valence-corrected chi connectivity index (χ4v) is 3.91. The zero-order chi connectivity index (χ0) is 9.78. The smallest absolute Gasteiger partial charge is 0.0973 e. The second-order valence-corrected chi connectivity index (χ2v) is 8.09. The molecule has 5 heteroatoms. The van der Waals surface area contributed by atoms with Gasteiger partial charge in [0.25, 0.3) is 0 Å². The summed E-state index contributed by atoms with van der Waals surface area (Å²) < 4.78 is -1.11. The minimum absolute atomic E-state index is 0.410. The van der Waals surface area contributed by atoms with E-state index in [1.165, 1.54) is 0 Å². The first-order chi connectivity index (χ1) is 5.37. The van der Waals surface area contributed by atoms with Crippen LogP contribution in [0.3, 0.4) is 0 Å². The molecular weight excluding hydrogens is 255 g/mol. The summed E-state index contributed by atoms with van der Waals surface area (Å²) in [5.74, 6) is 0.540. The molecule has 0 amide bonds. The highest BCUT2D eigenvalue weighted by Crippen LogP contribution is 2.40. The van der Waals surface area contributed by atoms with Gasteiger partial charge in [0.1, 0.15) is 0 Å². The van der Waals surface area contributed by atoms with E-state index in [2.05, 4.69) is 13.8 Å². The lowest BCUT2D eigenvalue weighted by molar-refractivity contribution is 0.581. The molecule has 0 aliphatic rings. The van der Waals surface area contributed by atoms with E-state index in [-0.39, 0.29) is 0 Å². The van der Waals surface area contributed by atoms with Crippen LogP contribution in [0.15, 0.2) is 0 Å². The van der Waals surface area contributed by atoms with Crippen molar-refractivity contribution in [1.29, 1.82) is 0 Å². The summed E-state index contributed by atoms with van der Waals surface area (Å²) in [4.78, 5) is 0. The van der Waals surface area contributed by atoms with Crippen molar-refractivity contribution in [3.05, 3.63) is 0 Å². The first-order valence-electron chi connectivity index (χ1n) is 3.63. The van der Waals surface area contributed by atoms with Gasteiger partial charge < -0.3 is 0 Å². The fraction of sp³-hybridized carbons (Fsp3) is 1.00. The minimum atomic E-state index is -1.11. The van der Waals surface area contributed by atoms with E-state index in [4.69, 9.17) is 34.8 Å². The van der Waals surface area contributed by atoms with Crippen LogP contribution in [0, 0.1) is 5.92 Å². The maximum Gasteiger partial charge on any atom is 0.191 e. The average molecular weight is 268 g/mol. The van der Waals surface area contributed by atoms with Gasteiger partial charge in [0.2, 0.25) is 0 Å². The number of alkyl halides is 3. The third-order valence-electron chi connectivity index (χ3n) is 1.40. The molecule has 0 aromatic heterocycles. The third-order valence-corrected chi connectivity index (χ3v) is 4.33. The summed E-state index contributed by atoms with van der Waals surface area (Å²) >= 11 is 17.1. The summed E-state index contributed by atoms with van der Waals surface area (Å²) in [7, 11) is 3.49. The maximum absolute atomic E-state index is 5.72. The van der Waals surface area contributed by atoms with Crippen molar-refractivity contribution in [2.45, 2.75) is 29.3 Å². The molecule has 0 nitrogen and oxygen atoms in total. The van der Waals surface area contributed by atoms with Crippen molar-refractivity contribution < 1.29 is 0 Å². The lowest BCUT2D eigenvalue weighted by Gasteiger charge is -2.22. The number of hydrogen-bond acceptors (Lipinski definition) is 2. The lowest BCUT2D eigenvalue weighted by Crippen LogP contribution is -2.18. The van der Waals surface area contributed by atoms with Gasteiger partial charge in [0.05, 0.1) is 0 Å². The van der Waals surface area contributed by atoms with Gasteiger partial charge >= 0.3 is 0 Å². The van der Waals surface area contributed by atoms with Crippen LogP contribution in [-0.4, -0.2) is 15.3 Å². The van der Waals surface area contributed by atoms with Crippen LogP contribution in [0.5, 0.6) is 0 Å². The number of halogens is 3. The van der Waals surface area contributed by atoms with Gasteiger partial charge in [0.15, 0.2) is 3.79 Å². The molecule has 0 fully saturated rings. The Morgan fingerprint density at radius 3 is 2.00 bits per heavy atom. The van der Waals surface area contributed by atoms with Crippen molar-refractivity contribution in [3.63, 3.8) is 0 Å². The molecule has 0 saturated heterocycles. The second kappa shape index (κ2) is 6.13. The van der Waals surface area contributed by atoms with E-state index in [0.29, 0.717) is 17.6 Å². The van der Waals surface area contributed by atoms with Gasteiger partial charge in [-0.25, -0.2) is 0 Å². The van der Waals surface area contributed by atoms with Gasteiger partial charge in [-0.1, -0.05) is 70.2 Å². The normalized spacial score (nSPS) is 15.2. The molecule has 0 radical (unpaired) electrons. The zero-order valence-corrected chi connectivity index (χ0v) is 11.2. The van der Waals surface area contributed by atoms with Crippen molar-refractivity contribution in [3.8, 4) is 0 Å². The maximum atomic E-state index is 5.72. The SMILES string of the molecule is CSS[C@H](CC(Cl)(Cl)Cl)C(C)C. The Labute approximate surface area is 97.5 Å². The largest absolute Gasteiger partial charge is 0.191 e. The van der Waals surface area contributed by atoms with Crippen LogP contribution in [0.25, 0.3) is 0 Å². The molecule has 0 aliphatic heterocycles. The van der Waals surface area contributed by atoms with E-state index in [9.17, 15) is 0 Å². The molecular formula is C7H13Cl3S2. The molecule has 1 atom stereocenters. The van der Waals surface area contributed by atoms with E-state index in [1.807, 2.05) is 6.26 Å². The van der Waals surface area contributed by atoms with Gasteiger partial charge in [-0.3, -0.25) is 0 Å². The van der Waals surface area contributed by atoms with Crippen molar-refractivity contribution in [2.24, 2.45) is 5.92 Å². The zero-order valence-electron chi connectivity index (χ0n) is 7.31. The first-order valence-corrected chi connectivity index (χ1v) is 7.38. The molecule has 0 unspecified atom stereocenters. The molecule has 0 aliphatic carbocycles. The van der Waals surface area contributed by atoms with Crippen LogP contribution < -0.4 is 0 Å². The Hall–Kier alpha value is 1.57. The molecule has 0 rings (SSSR count). The molecule has 0 spiro atoms. The van der Waals surface area contributed by atoms with Crippen molar-refractivity contribution >= 4 is 56.4 Å². The Morgan fingerprint density at radius 1 is 1.25 bits per heavy atom. The molecule has 0 aromatic carbocycles. The van der Waals surface area contributed by atoms with Crippen LogP contribution >= 0.6 is 56.4 Å². The molecule has 0 heterocycles. The number of hydrogen-bond donors (Lipinski definition) is 0. The summed E-state index contributed by atoms with van der Waals surface area (Å²) in [5, 5.41) is 0.410. The predicted molar refractivity (Wildman–Crippen MR) is 64.6 cm³/mol. The monoisotopic (exact) mass is 266 g/mol. The van der Waals surface area contributed by atoms with Crippen LogP contribution in [0.1, 0.15) is 20.3 Å². The van der Waals surface area contributed by atoms with Crippen LogP contribution in [0.4, 0.5) is 0 Å². The van der Waals surface area contributed by atoms with Crippen LogP contribution in [-0.2, 0) is 0 Å². The summed E-state index contributed by atoms with van der Waals surface area (Å²) in [6.07, 6.45) is 2.65. The molecule has 0 saturated carbocycles. The highest BCUT2D eigenvalue weighted by molar-refractivity contribution is 8.76. The Morgan fingerprint density at radius 2 is 1.75 bits per heavy atom. The van der Waals surface area contributed by atoms with Gasteiger partial charge in [-0.15, -0.1) is 0 Å². The summed E-state index contributed by atoms with van der Waals surface area (Å²) in [5.41, 5.74) is 0. The quantitative estimate of drug-likeness (QED) is 0.531. The Kier molecular flexibility index (Phi) is 6.93. The molecule has 0 bridgehead atoms. The summed E-state index contributed by atoms with van der Waals surface area (Å²) in [6, 6.07) is 0. The average Bonchev–Trinajstić information content (AvgIpc) is 1.83. The second-order valence-electron chi connectivity index (χ2n) is 2.86. The third kappa shape index (κ3) is 7.02. The topological polar surface area (TPSA) is 0 Å². The Balaban J connectivity index is 3.95. The fourth-order valence-electron chi connectivity index (χ4n) is 0.733. The Bertz CT molecular complexity index is 122. The molecule has 0 aromatic rings. The summed E-state index contributed by atoms with van der Waals surface area (Å²) in [6.45, 7) is 4.29. The molecule has 0 N–H and O–H groups in total. The van der Waals surface area contributed by atoms with E-state index >= 15 is 0 Å². The standard InChI is InChI=1S/C7H13Cl3S2/c1-5(2)6(12-11-3)4-7(8,9)10/h5-6H,4H2,1-3H3/t6-/m1/s1. The minimum Gasteiger partial charge on any atom is -0.0973 e. The first kappa shape index (κ1) is 13.6. The van der Waals surface area contributed by atoms with E-state index in [1.54, 1.807) is 21.6 Å². The molecule has 12 heavy (non-hydrogen) atoms. The highest BCUT2D eigenvalue weighted by Gasteiger charge is 2.27.